The van der Waals surface area contributed by atoms with Crippen molar-refractivity contribution < 1.29 is 14.0 Å². The number of aliphatic imine (C=N–C) groups is 1. The third kappa shape index (κ3) is 3.28. The first kappa shape index (κ1) is 21.2. The number of anilines is 1. The van der Waals surface area contributed by atoms with Crippen molar-refractivity contribution in [3.05, 3.63) is 77.4 Å². The van der Waals surface area contributed by atoms with Crippen molar-refractivity contribution in [2.45, 2.75) is 38.9 Å². The molecule has 0 bridgehead atoms. The molecule has 3 amide bonds. The summed E-state index contributed by atoms with van der Waals surface area (Å²) >= 11 is 0. The van der Waals surface area contributed by atoms with Gasteiger partial charge in [-0.25, -0.2) is 14.2 Å². The van der Waals surface area contributed by atoms with Crippen LogP contribution in [-0.2, 0) is 11.2 Å². The van der Waals surface area contributed by atoms with Crippen molar-refractivity contribution in [3.8, 4) is 0 Å². The van der Waals surface area contributed by atoms with Crippen LogP contribution in [0.4, 0.5) is 14.9 Å². The maximum Gasteiger partial charge on any atom is 0.328 e. The third-order valence-corrected chi connectivity index (χ3v) is 6.68. The molecule has 8 heteroatoms. The molecule has 3 heterocycles. The SMILES string of the molecule is CC1=C(C)N2C(=NC3C2C(=O)N(CCCc2ccccc2)C(=O)N3C)N1c1ccccc1F. The van der Waals surface area contributed by atoms with E-state index in [1.54, 1.807) is 30.1 Å². The molecule has 0 radical (unpaired) electrons. The van der Waals surface area contributed by atoms with Gasteiger partial charge in [-0.3, -0.25) is 19.5 Å². The van der Waals surface area contributed by atoms with Crippen LogP contribution in [0.5, 0.6) is 0 Å². The normalized spacial score (nSPS) is 22.2. The number of halogens is 1. The van der Waals surface area contributed by atoms with Gasteiger partial charge < -0.3 is 4.90 Å². The zero-order valence-corrected chi connectivity index (χ0v) is 18.9. The molecule has 0 spiro atoms. The Bertz CT molecular complexity index is 1180. The van der Waals surface area contributed by atoms with Crippen molar-refractivity contribution in [2.75, 3.05) is 18.5 Å². The molecule has 1 saturated heterocycles. The molecule has 170 valence electrons. The summed E-state index contributed by atoms with van der Waals surface area (Å²) in [6.07, 6.45) is 0.804. The fraction of sp³-hybridized carbons (Fsp3) is 0.320. The number of rotatable bonds is 5. The number of likely N-dealkylation sites (N-methyl/N-ethyl adjacent to an activating group) is 1. The molecule has 2 unspecified atom stereocenters. The molecule has 2 aromatic carbocycles. The predicted molar refractivity (Wildman–Crippen MR) is 124 cm³/mol. The van der Waals surface area contributed by atoms with Crippen LogP contribution in [0.25, 0.3) is 0 Å². The van der Waals surface area contributed by atoms with E-state index in [0.717, 1.165) is 17.8 Å². The van der Waals surface area contributed by atoms with Gasteiger partial charge in [-0.2, -0.15) is 0 Å². The van der Waals surface area contributed by atoms with Crippen molar-refractivity contribution in [2.24, 2.45) is 4.99 Å². The second-order valence-electron chi connectivity index (χ2n) is 8.59. The van der Waals surface area contributed by atoms with Gasteiger partial charge in [0.05, 0.1) is 5.69 Å². The second-order valence-corrected chi connectivity index (χ2v) is 8.59. The van der Waals surface area contributed by atoms with E-state index < -0.39 is 12.2 Å². The minimum atomic E-state index is -0.661. The van der Waals surface area contributed by atoms with Crippen LogP contribution >= 0.6 is 0 Å². The van der Waals surface area contributed by atoms with E-state index in [2.05, 4.69) is 0 Å². The average Bonchev–Trinajstić information content (AvgIpc) is 3.31. The lowest BCUT2D eigenvalue weighted by atomic mass is 10.1. The molecule has 7 nitrogen and oxygen atoms in total. The molecule has 2 aromatic rings. The number of fused-ring (bicyclic) bond motifs is 3. The topological polar surface area (TPSA) is 59.5 Å². The minimum absolute atomic E-state index is 0.266. The molecular weight excluding hydrogens is 421 g/mol. The summed E-state index contributed by atoms with van der Waals surface area (Å²) in [7, 11) is 1.67. The summed E-state index contributed by atoms with van der Waals surface area (Å²) in [6.45, 7) is 4.12. The number of aryl methyl sites for hydroxylation is 1. The van der Waals surface area contributed by atoms with Gasteiger partial charge in [0.2, 0.25) is 5.96 Å². The molecule has 1 fully saturated rings. The van der Waals surface area contributed by atoms with Crippen molar-refractivity contribution in [3.63, 3.8) is 0 Å². The van der Waals surface area contributed by atoms with Gasteiger partial charge in [0, 0.05) is 25.0 Å². The Morgan fingerprint density at radius 2 is 1.67 bits per heavy atom. The lowest BCUT2D eigenvalue weighted by molar-refractivity contribution is -0.136. The molecule has 33 heavy (non-hydrogen) atoms. The maximum atomic E-state index is 14.6. The zero-order chi connectivity index (χ0) is 23.3. The van der Waals surface area contributed by atoms with E-state index in [1.165, 1.54) is 21.4 Å². The number of carbonyl (C=O) groups is 2. The number of urea groups is 1. The fourth-order valence-electron chi connectivity index (χ4n) is 4.83. The maximum absolute atomic E-state index is 14.6. The third-order valence-electron chi connectivity index (χ3n) is 6.68. The number of carbonyl (C=O) groups excluding carboxylic acids is 2. The van der Waals surface area contributed by atoms with E-state index in [4.69, 9.17) is 4.99 Å². The summed E-state index contributed by atoms with van der Waals surface area (Å²) in [5.74, 6) is -0.163. The summed E-state index contributed by atoms with van der Waals surface area (Å²) < 4.78 is 14.6. The second kappa shape index (κ2) is 8.03. The number of hydrogen-bond acceptors (Lipinski definition) is 5. The zero-order valence-electron chi connectivity index (χ0n) is 18.9. The van der Waals surface area contributed by atoms with Crippen LogP contribution in [0.15, 0.2) is 71.0 Å². The molecule has 3 aliphatic rings. The average molecular weight is 448 g/mol. The van der Waals surface area contributed by atoms with Crippen LogP contribution in [0.3, 0.4) is 0 Å². The molecule has 0 aliphatic carbocycles. The van der Waals surface area contributed by atoms with E-state index in [1.807, 2.05) is 49.1 Å². The Hall–Kier alpha value is -3.68. The van der Waals surface area contributed by atoms with E-state index >= 15 is 0 Å². The molecule has 3 aliphatic heterocycles. The van der Waals surface area contributed by atoms with Crippen LogP contribution in [0.2, 0.25) is 0 Å². The van der Waals surface area contributed by atoms with Gasteiger partial charge in [0.1, 0.15) is 5.82 Å². The van der Waals surface area contributed by atoms with Crippen molar-refractivity contribution >= 4 is 23.6 Å². The molecule has 2 atom stereocenters. The largest absolute Gasteiger partial charge is 0.328 e. The Morgan fingerprint density at radius 3 is 2.39 bits per heavy atom. The number of benzene rings is 2. The van der Waals surface area contributed by atoms with Crippen LogP contribution in [0, 0.1) is 5.82 Å². The van der Waals surface area contributed by atoms with Gasteiger partial charge in [0.15, 0.2) is 12.2 Å². The lowest BCUT2D eigenvalue weighted by Gasteiger charge is -2.40. The van der Waals surface area contributed by atoms with Crippen LogP contribution in [0.1, 0.15) is 25.8 Å². The number of allylic oxidation sites excluding steroid dienone is 2. The first-order valence-corrected chi connectivity index (χ1v) is 11.1. The van der Waals surface area contributed by atoms with E-state index in [9.17, 15) is 14.0 Å². The van der Waals surface area contributed by atoms with Gasteiger partial charge in [-0.15, -0.1) is 0 Å². The van der Waals surface area contributed by atoms with Gasteiger partial charge >= 0.3 is 6.03 Å². The quantitative estimate of drug-likeness (QED) is 0.700. The highest BCUT2D eigenvalue weighted by atomic mass is 19.1. The highest BCUT2D eigenvalue weighted by molar-refractivity contribution is 6.10. The number of hydrogen-bond donors (Lipinski definition) is 0. The van der Waals surface area contributed by atoms with Crippen LogP contribution < -0.4 is 4.90 Å². The number of amides is 3. The Labute approximate surface area is 192 Å². The van der Waals surface area contributed by atoms with Crippen molar-refractivity contribution in [1.29, 1.82) is 0 Å². The summed E-state index contributed by atoms with van der Waals surface area (Å²) in [5.41, 5.74) is 3.17. The summed E-state index contributed by atoms with van der Waals surface area (Å²) in [4.78, 5) is 37.8. The number of imide groups is 1. The standard InChI is InChI=1S/C25H26FN5O2/c1-16-17(2)31-21-22(27-24(31)30(16)20-14-8-7-13-19(20)26)28(3)25(33)29(23(21)32)15-9-12-18-10-5-4-6-11-18/h4-8,10-11,13-14,21-22H,9,12,15H2,1-3H3. The van der Waals surface area contributed by atoms with E-state index in [0.29, 0.717) is 24.6 Å². The number of guanidine groups is 1. The molecule has 0 saturated carbocycles. The monoisotopic (exact) mass is 447 g/mol. The highest BCUT2D eigenvalue weighted by Gasteiger charge is 2.55. The first-order valence-electron chi connectivity index (χ1n) is 11.1. The molecular formula is C25H26FN5O2. The van der Waals surface area contributed by atoms with Gasteiger partial charge in [-0.05, 0) is 44.4 Å². The molecule has 5 rings (SSSR count). The summed E-state index contributed by atoms with van der Waals surface area (Å²) in [5, 5.41) is 0. The van der Waals surface area contributed by atoms with Crippen LogP contribution in [-0.4, -0.2) is 58.4 Å². The Balaban J connectivity index is 1.42. The van der Waals surface area contributed by atoms with Crippen molar-refractivity contribution in [1.82, 2.24) is 14.7 Å². The number of para-hydroxylation sites is 1. The predicted octanol–water partition coefficient (Wildman–Crippen LogP) is 3.79. The molecule has 0 N–H and O–H groups in total. The van der Waals surface area contributed by atoms with E-state index in [-0.39, 0.29) is 17.8 Å². The molecule has 0 aromatic heterocycles. The fourth-order valence-corrected chi connectivity index (χ4v) is 4.83. The first-order chi connectivity index (χ1) is 15.9. The smallest absolute Gasteiger partial charge is 0.302 e. The highest BCUT2D eigenvalue weighted by Crippen LogP contribution is 2.40. The lowest BCUT2D eigenvalue weighted by Crippen LogP contribution is -2.64. The van der Waals surface area contributed by atoms with Gasteiger partial charge in [0.25, 0.3) is 5.91 Å². The Kier molecular flexibility index (Phi) is 5.15. The number of nitrogens with zero attached hydrogens (tertiary/aromatic N) is 5. The summed E-state index contributed by atoms with van der Waals surface area (Å²) in [6, 6.07) is 15.5. The minimum Gasteiger partial charge on any atom is -0.302 e. The Morgan fingerprint density at radius 1 is 0.970 bits per heavy atom. The van der Waals surface area contributed by atoms with Gasteiger partial charge in [-0.1, -0.05) is 42.5 Å².